The normalized spacial score (nSPS) is 11.3. The molecule has 146 valence electrons. The Kier molecular flexibility index (Phi) is 8.55. The minimum absolute atomic E-state index is 0.136. The Morgan fingerprint density at radius 1 is 1.19 bits per heavy atom. The number of esters is 1. The molecular formula is C20H32N2O4. The zero-order valence-corrected chi connectivity index (χ0v) is 16.7. The number of nitro groups is 1. The van der Waals surface area contributed by atoms with E-state index in [1.54, 1.807) is 6.07 Å². The first-order valence-electron chi connectivity index (χ1n) is 9.37. The molecule has 0 unspecified atom stereocenters. The van der Waals surface area contributed by atoms with Crippen LogP contribution in [0.1, 0.15) is 70.9 Å². The van der Waals surface area contributed by atoms with Crippen LogP contribution < -0.4 is 5.32 Å². The molecule has 0 saturated heterocycles. The number of nitro benzene ring substituents is 1. The fourth-order valence-corrected chi connectivity index (χ4v) is 2.78. The molecule has 26 heavy (non-hydrogen) atoms. The number of rotatable bonds is 10. The van der Waals surface area contributed by atoms with Crippen molar-refractivity contribution in [1.82, 2.24) is 0 Å². The Balaban J connectivity index is 2.35. The SMILES string of the molecule is CCc1cc([N+](=O)[O-])c(NCCCCCCC(=O)OC(C)(C)C)cc1C. The summed E-state index contributed by atoms with van der Waals surface area (Å²) in [5.74, 6) is -0.155. The predicted molar refractivity (Wildman–Crippen MR) is 105 cm³/mol. The van der Waals surface area contributed by atoms with Crippen molar-refractivity contribution in [2.24, 2.45) is 0 Å². The second kappa shape index (κ2) is 10.1. The van der Waals surface area contributed by atoms with E-state index in [0.29, 0.717) is 18.7 Å². The van der Waals surface area contributed by atoms with Crippen LogP contribution in [-0.2, 0) is 16.0 Å². The van der Waals surface area contributed by atoms with E-state index in [4.69, 9.17) is 4.74 Å². The number of unbranched alkanes of at least 4 members (excludes halogenated alkanes) is 3. The molecule has 0 atom stereocenters. The Labute approximate surface area is 156 Å². The molecule has 0 aromatic heterocycles. The molecule has 0 amide bonds. The van der Waals surface area contributed by atoms with Crippen LogP contribution in [0.2, 0.25) is 0 Å². The van der Waals surface area contributed by atoms with Gasteiger partial charge in [0, 0.05) is 19.0 Å². The number of hydrogen-bond donors (Lipinski definition) is 1. The number of anilines is 1. The first-order valence-corrected chi connectivity index (χ1v) is 9.37. The summed E-state index contributed by atoms with van der Waals surface area (Å²) in [6.45, 7) is 10.2. The predicted octanol–water partition coefficient (Wildman–Crippen LogP) is 5.17. The highest BCUT2D eigenvalue weighted by Gasteiger charge is 2.16. The van der Waals surface area contributed by atoms with E-state index in [9.17, 15) is 14.9 Å². The monoisotopic (exact) mass is 364 g/mol. The Hall–Kier alpha value is -2.11. The molecule has 0 fully saturated rings. The lowest BCUT2D eigenvalue weighted by Gasteiger charge is -2.19. The van der Waals surface area contributed by atoms with Crippen LogP contribution in [0.25, 0.3) is 0 Å². The molecule has 1 rings (SSSR count). The summed E-state index contributed by atoms with van der Waals surface area (Å²) in [7, 11) is 0. The quantitative estimate of drug-likeness (QED) is 0.268. The second-order valence-electron chi connectivity index (χ2n) is 7.58. The third-order valence-electron chi connectivity index (χ3n) is 4.08. The van der Waals surface area contributed by atoms with Crippen molar-refractivity contribution >= 4 is 17.3 Å². The maximum atomic E-state index is 11.6. The molecule has 0 aliphatic rings. The lowest BCUT2D eigenvalue weighted by atomic mass is 10.0. The van der Waals surface area contributed by atoms with E-state index >= 15 is 0 Å². The standard InChI is InChI=1S/C20H32N2O4/c1-6-16-14-18(22(24)25)17(13-15(16)2)21-12-10-8-7-9-11-19(23)26-20(3,4)5/h13-14,21H,6-12H2,1-5H3. The van der Waals surface area contributed by atoms with Gasteiger partial charge in [0.2, 0.25) is 0 Å². The average molecular weight is 364 g/mol. The molecule has 0 spiro atoms. The number of aryl methyl sites for hydroxylation is 2. The van der Waals surface area contributed by atoms with Crippen LogP contribution >= 0.6 is 0 Å². The van der Waals surface area contributed by atoms with Gasteiger partial charge in [-0.25, -0.2) is 0 Å². The van der Waals surface area contributed by atoms with Crippen molar-refractivity contribution in [2.75, 3.05) is 11.9 Å². The Morgan fingerprint density at radius 3 is 2.42 bits per heavy atom. The Bertz CT molecular complexity index is 621. The molecule has 1 N–H and O–H groups in total. The van der Waals surface area contributed by atoms with Gasteiger partial charge >= 0.3 is 5.97 Å². The van der Waals surface area contributed by atoms with Gasteiger partial charge in [-0.1, -0.05) is 19.8 Å². The average Bonchev–Trinajstić information content (AvgIpc) is 2.52. The lowest BCUT2D eigenvalue weighted by Crippen LogP contribution is -2.23. The van der Waals surface area contributed by atoms with Gasteiger partial charge in [-0.15, -0.1) is 0 Å². The summed E-state index contributed by atoms with van der Waals surface area (Å²) in [5.41, 5.74) is 2.36. The molecule has 6 heteroatoms. The van der Waals surface area contributed by atoms with E-state index in [2.05, 4.69) is 5.32 Å². The fraction of sp³-hybridized carbons (Fsp3) is 0.650. The number of carbonyl (C=O) groups is 1. The summed E-state index contributed by atoms with van der Waals surface area (Å²) in [5, 5.41) is 14.4. The maximum absolute atomic E-state index is 11.6. The highest BCUT2D eigenvalue weighted by atomic mass is 16.6. The van der Waals surface area contributed by atoms with Gasteiger partial charge in [0.15, 0.2) is 0 Å². The minimum atomic E-state index is -0.429. The molecular weight excluding hydrogens is 332 g/mol. The van der Waals surface area contributed by atoms with E-state index < -0.39 is 5.60 Å². The minimum Gasteiger partial charge on any atom is -0.460 e. The molecule has 6 nitrogen and oxygen atoms in total. The first-order chi connectivity index (χ1) is 12.1. The van der Waals surface area contributed by atoms with Crippen molar-refractivity contribution in [1.29, 1.82) is 0 Å². The van der Waals surface area contributed by atoms with Crippen molar-refractivity contribution in [2.45, 2.75) is 78.7 Å². The number of ether oxygens (including phenoxy) is 1. The van der Waals surface area contributed by atoms with Gasteiger partial charge in [0.1, 0.15) is 11.3 Å². The van der Waals surface area contributed by atoms with E-state index in [-0.39, 0.29) is 16.6 Å². The molecule has 0 heterocycles. The highest BCUT2D eigenvalue weighted by Crippen LogP contribution is 2.28. The highest BCUT2D eigenvalue weighted by molar-refractivity contribution is 5.69. The topological polar surface area (TPSA) is 81.5 Å². The summed E-state index contributed by atoms with van der Waals surface area (Å²) in [4.78, 5) is 22.5. The van der Waals surface area contributed by atoms with Gasteiger partial charge in [0.25, 0.3) is 5.69 Å². The number of hydrogen-bond acceptors (Lipinski definition) is 5. The molecule has 0 saturated carbocycles. The van der Waals surface area contributed by atoms with Crippen molar-refractivity contribution in [3.8, 4) is 0 Å². The third kappa shape index (κ3) is 7.85. The zero-order valence-electron chi connectivity index (χ0n) is 16.7. The van der Waals surface area contributed by atoms with Crippen LogP contribution in [0.5, 0.6) is 0 Å². The maximum Gasteiger partial charge on any atom is 0.306 e. The van der Waals surface area contributed by atoms with Crippen LogP contribution in [-0.4, -0.2) is 23.0 Å². The van der Waals surface area contributed by atoms with Crippen molar-refractivity contribution < 1.29 is 14.5 Å². The van der Waals surface area contributed by atoms with Gasteiger partial charge < -0.3 is 10.1 Å². The molecule has 1 aromatic rings. The summed E-state index contributed by atoms with van der Waals surface area (Å²) in [6.07, 6.45) is 4.84. The van der Waals surface area contributed by atoms with Crippen molar-refractivity contribution in [3.63, 3.8) is 0 Å². The van der Waals surface area contributed by atoms with E-state index in [1.807, 2.05) is 40.7 Å². The summed E-state index contributed by atoms with van der Waals surface area (Å²) < 4.78 is 5.27. The lowest BCUT2D eigenvalue weighted by molar-refractivity contribution is -0.384. The summed E-state index contributed by atoms with van der Waals surface area (Å²) in [6, 6.07) is 3.53. The molecule has 0 aliphatic carbocycles. The van der Waals surface area contributed by atoms with E-state index in [0.717, 1.165) is 43.2 Å². The number of carbonyl (C=O) groups excluding carboxylic acids is 1. The Morgan fingerprint density at radius 2 is 1.85 bits per heavy atom. The van der Waals surface area contributed by atoms with Crippen LogP contribution in [0.15, 0.2) is 12.1 Å². The van der Waals surface area contributed by atoms with E-state index in [1.165, 1.54) is 0 Å². The number of nitrogens with one attached hydrogen (secondary N) is 1. The largest absolute Gasteiger partial charge is 0.460 e. The fourth-order valence-electron chi connectivity index (χ4n) is 2.78. The third-order valence-corrected chi connectivity index (χ3v) is 4.08. The smallest absolute Gasteiger partial charge is 0.306 e. The van der Waals surface area contributed by atoms with Crippen molar-refractivity contribution in [3.05, 3.63) is 33.4 Å². The van der Waals surface area contributed by atoms with Gasteiger partial charge in [-0.3, -0.25) is 14.9 Å². The number of benzene rings is 1. The van der Waals surface area contributed by atoms with Gasteiger partial charge in [-0.05, 0) is 64.2 Å². The molecule has 0 bridgehead atoms. The molecule has 0 aliphatic heterocycles. The zero-order chi connectivity index (χ0) is 19.7. The van der Waals surface area contributed by atoms with Crippen LogP contribution in [0.4, 0.5) is 11.4 Å². The van der Waals surface area contributed by atoms with Gasteiger partial charge in [-0.2, -0.15) is 0 Å². The molecule has 1 aromatic carbocycles. The van der Waals surface area contributed by atoms with Gasteiger partial charge in [0.05, 0.1) is 4.92 Å². The second-order valence-corrected chi connectivity index (χ2v) is 7.58. The molecule has 0 radical (unpaired) electrons. The van der Waals surface area contributed by atoms with Crippen LogP contribution in [0, 0.1) is 17.0 Å². The van der Waals surface area contributed by atoms with Crippen LogP contribution in [0.3, 0.4) is 0 Å². The summed E-state index contributed by atoms with van der Waals surface area (Å²) >= 11 is 0. The first kappa shape index (κ1) is 21.9. The number of nitrogens with zero attached hydrogens (tertiary/aromatic N) is 1.